The molecule has 2 unspecified atom stereocenters. The van der Waals surface area contributed by atoms with Crippen molar-refractivity contribution in [3.63, 3.8) is 0 Å². The van der Waals surface area contributed by atoms with E-state index in [2.05, 4.69) is 26.1 Å². The quantitative estimate of drug-likeness (QED) is 0.506. The lowest BCUT2D eigenvalue weighted by molar-refractivity contribution is -0.140. The molecule has 2 heterocycles. The first-order valence-electron chi connectivity index (χ1n) is 10.5. The number of alkyl carbamates (subject to hydrolysis) is 1. The largest absolute Gasteiger partial charge is 0.449 e. The number of nitrogens with one attached hydrogen (secondary N) is 4. The summed E-state index contributed by atoms with van der Waals surface area (Å²) in [7, 11) is 0. The van der Waals surface area contributed by atoms with Crippen molar-refractivity contribution in [1.29, 1.82) is 0 Å². The van der Waals surface area contributed by atoms with Crippen LogP contribution in [0.1, 0.15) is 52.4 Å². The zero-order valence-electron chi connectivity index (χ0n) is 18.8. The Morgan fingerprint density at radius 2 is 1.97 bits per heavy atom. The summed E-state index contributed by atoms with van der Waals surface area (Å²) in [6.07, 6.45) is 0.450. The van der Waals surface area contributed by atoms with Crippen LogP contribution in [-0.4, -0.2) is 59.1 Å². The van der Waals surface area contributed by atoms with E-state index >= 15 is 0 Å². The van der Waals surface area contributed by atoms with Crippen molar-refractivity contribution in [2.45, 2.75) is 66.0 Å². The highest BCUT2D eigenvalue weighted by atomic mass is 16.5. The lowest BCUT2D eigenvalue weighted by Crippen LogP contribution is -2.55. The van der Waals surface area contributed by atoms with Crippen LogP contribution in [0, 0.1) is 11.3 Å². The maximum absolute atomic E-state index is 12.9. The number of aryl methyl sites for hydroxylation is 1. The third-order valence-corrected chi connectivity index (χ3v) is 4.77. The summed E-state index contributed by atoms with van der Waals surface area (Å²) in [5, 5.41) is 14.8. The van der Waals surface area contributed by atoms with E-state index in [1.807, 2.05) is 26.8 Å². The van der Waals surface area contributed by atoms with Gasteiger partial charge in [0.2, 0.25) is 11.7 Å². The Balaban J connectivity index is 2.07. The van der Waals surface area contributed by atoms with Gasteiger partial charge in [0.1, 0.15) is 6.04 Å². The van der Waals surface area contributed by atoms with Crippen molar-refractivity contribution in [2.75, 3.05) is 13.2 Å². The first kappa shape index (κ1) is 24.4. The highest BCUT2D eigenvalue weighted by Gasteiger charge is 2.32. The van der Waals surface area contributed by atoms with Crippen LogP contribution in [-0.2, 0) is 32.0 Å². The minimum absolute atomic E-state index is 0.193. The van der Waals surface area contributed by atoms with Gasteiger partial charge in [-0.2, -0.15) is 5.10 Å². The fourth-order valence-corrected chi connectivity index (χ4v) is 3.03. The zero-order chi connectivity index (χ0) is 23.2. The monoisotopic (exact) mass is 435 g/mol. The normalized spacial score (nSPS) is 18.6. The highest BCUT2D eigenvalue weighted by molar-refractivity contribution is 6.38. The summed E-state index contributed by atoms with van der Waals surface area (Å²) in [4.78, 5) is 49.9. The molecule has 1 aromatic heterocycles. The molecule has 0 fully saturated rings. The van der Waals surface area contributed by atoms with Crippen LogP contribution in [0.2, 0.25) is 0 Å². The smallest absolute Gasteiger partial charge is 0.407 e. The number of fused-ring (bicyclic) bond motifs is 2. The van der Waals surface area contributed by atoms with Gasteiger partial charge in [-0.15, -0.1) is 0 Å². The molecule has 1 aromatic rings. The van der Waals surface area contributed by atoms with Gasteiger partial charge in [0.15, 0.2) is 0 Å². The third kappa shape index (κ3) is 7.69. The maximum atomic E-state index is 12.9. The molecule has 0 radical (unpaired) electrons. The first-order valence-corrected chi connectivity index (χ1v) is 10.5. The Labute approximate surface area is 182 Å². The van der Waals surface area contributed by atoms with Gasteiger partial charge >= 0.3 is 6.09 Å². The van der Waals surface area contributed by atoms with Gasteiger partial charge in [0.05, 0.1) is 18.3 Å². The number of Topliss-reactive ketones (excluding diaryl/α,β-unsaturated/α-hetero) is 1. The van der Waals surface area contributed by atoms with Gasteiger partial charge in [0, 0.05) is 18.7 Å². The van der Waals surface area contributed by atoms with E-state index in [0.717, 1.165) is 11.4 Å². The number of rotatable bonds is 5. The van der Waals surface area contributed by atoms with E-state index in [-0.39, 0.29) is 30.9 Å². The first-order chi connectivity index (χ1) is 14.5. The van der Waals surface area contributed by atoms with Gasteiger partial charge in [-0.3, -0.25) is 19.5 Å². The van der Waals surface area contributed by atoms with Crippen LogP contribution in [0.25, 0.3) is 0 Å². The Morgan fingerprint density at radius 3 is 2.61 bits per heavy atom. The summed E-state index contributed by atoms with van der Waals surface area (Å²) in [6.45, 7) is 9.78. The number of ketones is 1. The van der Waals surface area contributed by atoms with Crippen LogP contribution >= 0.6 is 0 Å². The lowest BCUT2D eigenvalue weighted by Gasteiger charge is -2.25. The maximum Gasteiger partial charge on any atom is 0.407 e. The summed E-state index contributed by atoms with van der Waals surface area (Å²) >= 11 is 0. The van der Waals surface area contributed by atoms with E-state index in [1.165, 1.54) is 0 Å². The van der Waals surface area contributed by atoms with E-state index in [9.17, 15) is 19.2 Å². The van der Waals surface area contributed by atoms with Crippen LogP contribution in [0.15, 0.2) is 6.07 Å². The molecular formula is C21H33N5O5. The second-order valence-electron chi connectivity index (χ2n) is 9.36. The number of carbonyl (C=O) groups excluding carboxylic acids is 4. The van der Waals surface area contributed by atoms with E-state index in [1.54, 1.807) is 13.8 Å². The average Bonchev–Trinajstić information content (AvgIpc) is 3.12. The Bertz CT molecular complexity index is 811. The molecule has 4 N–H and O–H groups in total. The lowest BCUT2D eigenvalue weighted by atomic mass is 9.99. The van der Waals surface area contributed by atoms with Gasteiger partial charge in [0.25, 0.3) is 5.91 Å². The number of aromatic nitrogens is 2. The molecule has 2 rings (SSSR count). The second-order valence-corrected chi connectivity index (χ2v) is 9.36. The van der Waals surface area contributed by atoms with Gasteiger partial charge in [-0.25, -0.2) is 4.79 Å². The number of aromatic amines is 1. The van der Waals surface area contributed by atoms with Gasteiger partial charge in [-0.1, -0.05) is 34.6 Å². The zero-order valence-corrected chi connectivity index (χ0v) is 18.8. The minimum Gasteiger partial charge on any atom is -0.449 e. The molecular weight excluding hydrogens is 402 g/mol. The number of carbonyl (C=O) groups is 4. The number of nitrogens with zero attached hydrogens (tertiary/aromatic N) is 1. The summed E-state index contributed by atoms with van der Waals surface area (Å²) < 4.78 is 5.19. The van der Waals surface area contributed by atoms with Crippen molar-refractivity contribution >= 4 is 23.7 Å². The molecule has 1 aliphatic rings. The second kappa shape index (κ2) is 10.4. The number of hydrogen-bond acceptors (Lipinski definition) is 6. The molecule has 31 heavy (non-hydrogen) atoms. The average molecular weight is 436 g/mol. The predicted molar refractivity (Wildman–Crippen MR) is 113 cm³/mol. The summed E-state index contributed by atoms with van der Waals surface area (Å²) in [5.74, 6) is -2.27. The van der Waals surface area contributed by atoms with Crippen LogP contribution < -0.4 is 16.0 Å². The molecule has 3 amide bonds. The van der Waals surface area contributed by atoms with E-state index < -0.39 is 35.8 Å². The Hall–Kier alpha value is -2.91. The fourth-order valence-electron chi connectivity index (χ4n) is 3.03. The third-order valence-electron chi connectivity index (χ3n) is 4.77. The molecule has 1 aliphatic heterocycles. The van der Waals surface area contributed by atoms with Crippen molar-refractivity contribution in [3.8, 4) is 0 Å². The van der Waals surface area contributed by atoms with Gasteiger partial charge in [-0.05, 0) is 30.2 Å². The SMILES string of the molecule is CC(C)C(NC(=O)OCC(C)(C)C)C(=O)NC1CCc2cc(n[nH]2)CCNC(=O)C1=O. The molecule has 0 saturated carbocycles. The standard InChI is InChI=1S/C21H33N5O5/c1-12(2)16(24-20(30)31-11-21(3,4)5)18(28)23-15-7-6-13-10-14(26-25-13)8-9-22-19(29)17(15)27/h10,12,15-16H,6-9,11H2,1-5H3,(H,22,29)(H,23,28)(H,24,30)(H,25,26). The molecule has 0 spiro atoms. The molecule has 0 aliphatic carbocycles. The van der Waals surface area contributed by atoms with Crippen molar-refractivity contribution in [3.05, 3.63) is 17.5 Å². The number of hydrogen-bond donors (Lipinski definition) is 4. The Morgan fingerprint density at radius 1 is 1.26 bits per heavy atom. The summed E-state index contributed by atoms with van der Waals surface area (Å²) in [5.41, 5.74) is 1.40. The Kier molecular flexibility index (Phi) is 8.18. The van der Waals surface area contributed by atoms with Crippen LogP contribution in [0.5, 0.6) is 0 Å². The minimum atomic E-state index is -1.02. The van der Waals surface area contributed by atoms with Crippen molar-refractivity contribution < 1.29 is 23.9 Å². The van der Waals surface area contributed by atoms with Crippen LogP contribution in [0.4, 0.5) is 4.79 Å². The molecule has 10 heteroatoms. The van der Waals surface area contributed by atoms with Crippen molar-refractivity contribution in [1.82, 2.24) is 26.1 Å². The topological polar surface area (TPSA) is 142 Å². The number of ether oxygens (including phenoxy) is 1. The van der Waals surface area contributed by atoms with E-state index in [0.29, 0.717) is 12.8 Å². The highest BCUT2D eigenvalue weighted by Crippen LogP contribution is 2.13. The van der Waals surface area contributed by atoms with Crippen molar-refractivity contribution in [2.24, 2.45) is 11.3 Å². The number of amides is 3. The molecule has 2 bridgehead atoms. The molecule has 2 atom stereocenters. The predicted octanol–water partition coefficient (Wildman–Crippen LogP) is 0.865. The van der Waals surface area contributed by atoms with E-state index in [4.69, 9.17) is 4.74 Å². The van der Waals surface area contributed by atoms with Crippen LogP contribution in [0.3, 0.4) is 0 Å². The molecule has 0 saturated heterocycles. The summed E-state index contributed by atoms with van der Waals surface area (Å²) in [6, 6.07) is -0.0591. The molecule has 172 valence electrons. The molecule has 0 aromatic carbocycles. The number of H-pyrrole nitrogens is 1. The molecule has 10 nitrogen and oxygen atoms in total. The van der Waals surface area contributed by atoms with Gasteiger partial charge < -0.3 is 20.7 Å². The fraction of sp³-hybridized carbons (Fsp3) is 0.667.